The fourth-order valence-corrected chi connectivity index (χ4v) is 4.24. The first-order valence-corrected chi connectivity index (χ1v) is 12.6. The first kappa shape index (κ1) is 28.6. The molecule has 0 radical (unpaired) electrons. The molecular weight excluding hydrogens is 526 g/mol. The Morgan fingerprint density at radius 2 is 1.76 bits per heavy atom. The molecule has 2 amide bonds. The van der Waals surface area contributed by atoms with Crippen LogP contribution in [0.2, 0.25) is 0 Å². The van der Waals surface area contributed by atoms with Crippen molar-refractivity contribution in [1.82, 2.24) is 19.7 Å². The lowest BCUT2D eigenvalue weighted by molar-refractivity contribution is -0.130. The summed E-state index contributed by atoms with van der Waals surface area (Å²) in [4.78, 5) is 41.4. The number of carbonyl (C=O) groups is 2. The van der Waals surface area contributed by atoms with Crippen LogP contribution < -0.4 is 26.6 Å². The Balaban J connectivity index is 1.77. The highest BCUT2D eigenvalue weighted by molar-refractivity contribution is 5.96. The molecule has 1 heterocycles. The van der Waals surface area contributed by atoms with E-state index in [0.29, 0.717) is 29.3 Å². The Kier molecular flexibility index (Phi) is 8.51. The van der Waals surface area contributed by atoms with Crippen molar-refractivity contribution in [3.8, 4) is 17.2 Å². The van der Waals surface area contributed by atoms with Crippen LogP contribution in [0.1, 0.15) is 38.8 Å². The minimum Gasteiger partial charge on any atom is -0.493 e. The van der Waals surface area contributed by atoms with E-state index in [4.69, 9.17) is 26.4 Å². The van der Waals surface area contributed by atoms with E-state index < -0.39 is 17.5 Å². The maximum absolute atomic E-state index is 13.1. The van der Waals surface area contributed by atoms with Crippen LogP contribution >= 0.6 is 0 Å². The van der Waals surface area contributed by atoms with Gasteiger partial charge in [-0.2, -0.15) is 4.68 Å². The van der Waals surface area contributed by atoms with Gasteiger partial charge < -0.3 is 25.8 Å². The van der Waals surface area contributed by atoms with Crippen LogP contribution in [-0.4, -0.2) is 65.1 Å². The second-order valence-corrected chi connectivity index (χ2v) is 9.46. The molecule has 0 aliphatic carbocycles. The van der Waals surface area contributed by atoms with Crippen molar-refractivity contribution in [2.45, 2.75) is 12.3 Å². The standard InChI is InChI=1S/C29H31N7O5/c1-35(2)25(37)16-41-23-13-12-19(15-24(23)40-3)21(14-17-8-10-18(11-9-17)26(30)31)28-33-29(39)36(34-28)22-7-5-4-6-20(22)27(32)38/h4-13,15,21H,14,16H2,1-3H3,(H3,30,31)(H2,32,38)(H,33,34,39). The Morgan fingerprint density at radius 3 is 2.39 bits per heavy atom. The number of nitrogens with two attached hydrogens (primary N) is 2. The zero-order valence-electron chi connectivity index (χ0n) is 22.9. The number of para-hydroxylation sites is 1. The van der Waals surface area contributed by atoms with Crippen molar-refractivity contribution in [2.24, 2.45) is 11.5 Å². The van der Waals surface area contributed by atoms with Crippen molar-refractivity contribution in [3.05, 3.63) is 105 Å². The molecule has 0 aliphatic heterocycles. The first-order chi connectivity index (χ1) is 19.6. The molecule has 212 valence electrons. The topological polar surface area (TPSA) is 182 Å². The quantitative estimate of drug-likeness (QED) is 0.160. The average Bonchev–Trinajstić information content (AvgIpc) is 3.35. The molecule has 4 aromatic rings. The zero-order valence-corrected chi connectivity index (χ0v) is 22.9. The van der Waals surface area contributed by atoms with E-state index in [1.165, 1.54) is 18.1 Å². The molecule has 0 saturated heterocycles. The molecule has 0 saturated carbocycles. The van der Waals surface area contributed by atoms with Crippen molar-refractivity contribution >= 4 is 17.6 Å². The number of H-pyrrole nitrogens is 1. The number of amidine groups is 1. The molecule has 1 unspecified atom stereocenters. The SMILES string of the molecule is COc1cc(C(Cc2ccc(C(=N)N)cc2)c2nn(-c3ccccc3C(N)=O)c(=O)[nH]2)ccc1OCC(=O)N(C)C. The predicted octanol–water partition coefficient (Wildman–Crippen LogP) is 1.79. The van der Waals surface area contributed by atoms with Crippen LogP contribution in [0.5, 0.6) is 11.5 Å². The fourth-order valence-electron chi connectivity index (χ4n) is 4.24. The molecule has 0 aliphatic rings. The highest BCUT2D eigenvalue weighted by Crippen LogP contribution is 2.34. The Bertz CT molecular complexity index is 1640. The van der Waals surface area contributed by atoms with Crippen LogP contribution in [-0.2, 0) is 11.2 Å². The van der Waals surface area contributed by atoms with E-state index in [-0.39, 0.29) is 29.6 Å². The summed E-state index contributed by atoms with van der Waals surface area (Å²) in [6.45, 7) is -0.161. The monoisotopic (exact) mass is 557 g/mol. The van der Waals surface area contributed by atoms with Gasteiger partial charge in [0, 0.05) is 25.6 Å². The summed E-state index contributed by atoms with van der Waals surface area (Å²) < 4.78 is 12.4. The largest absolute Gasteiger partial charge is 0.493 e. The normalized spacial score (nSPS) is 11.5. The fraction of sp³-hybridized carbons (Fsp3) is 0.207. The third-order valence-corrected chi connectivity index (χ3v) is 6.51. The second-order valence-electron chi connectivity index (χ2n) is 9.46. The summed E-state index contributed by atoms with van der Waals surface area (Å²) in [5, 5.41) is 12.2. The van der Waals surface area contributed by atoms with E-state index in [2.05, 4.69) is 10.1 Å². The summed E-state index contributed by atoms with van der Waals surface area (Å²) in [5.41, 5.74) is 13.2. The minimum atomic E-state index is -0.688. The molecule has 0 spiro atoms. The Morgan fingerprint density at radius 1 is 1.05 bits per heavy atom. The lowest BCUT2D eigenvalue weighted by atomic mass is 9.90. The maximum Gasteiger partial charge on any atom is 0.348 e. The van der Waals surface area contributed by atoms with Gasteiger partial charge in [0.25, 0.3) is 11.8 Å². The molecule has 3 aromatic carbocycles. The number of likely N-dealkylation sites (N-methyl/N-ethyl adjacent to an activating group) is 1. The number of amides is 2. The van der Waals surface area contributed by atoms with Crippen LogP contribution in [0.15, 0.2) is 71.5 Å². The van der Waals surface area contributed by atoms with Gasteiger partial charge in [0.2, 0.25) is 0 Å². The van der Waals surface area contributed by atoms with E-state index in [0.717, 1.165) is 15.8 Å². The van der Waals surface area contributed by atoms with Crippen molar-refractivity contribution < 1.29 is 19.1 Å². The Labute approximate surface area is 236 Å². The van der Waals surface area contributed by atoms with Crippen LogP contribution in [0, 0.1) is 5.41 Å². The van der Waals surface area contributed by atoms with E-state index in [9.17, 15) is 14.4 Å². The van der Waals surface area contributed by atoms with Crippen molar-refractivity contribution in [1.29, 1.82) is 5.41 Å². The molecule has 4 rings (SSSR count). The van der Waals surface area contributed by atoms with E-state index >= 15 is 0 Å². The van der Waals surface area contributed by atoms with Gasteiger partial charge in [-0.05, 0) is 41.8 Å². The zero-order chi connectivity index (χ0) is 29.7. The van der Waals surface area contributed by atoms with Crippen LogP contribution in [0.4, 0.5) is 0 Å². The van der Waals surface area contributed by atoms with E-state index in [1.54, 1.807) is 62.6 Å². The van der Waals surface area contributed by atoms with Gasteiger partial charge >= 0.3 is 5.69 Å². The third kappa shape index (κ3) is 6.44. The van der Waals surface area contributed by atoms with Gasteiger partial charge in [0.15, 0.2) is 18.1 Å². The molecule has 12 heteroatoms. The number of hydrogen-bond donors (Lipinski definition) is 4. The van der Waals surface area contributed by atoms with Gasteiger partial charge in [-0.15, -0.1) is 5.10 Å². The first-order valence-electron chi connectivity index (χ1n) is 12.6. The molecule has 6 N–H and O–H groups in total. The Hall–Kier alpha value is -5.39. The van der Waals surface area contributed by atoms with Gasteiger partial charge in [-0.1, -0.05) is 42.5 Å². The number of rotatable bonds is 11. The molecule has 0 fully saturated rings. The number of ether oxygens (including phenoxy) is 2. The second kappa shape index (κ2) is 12.2. The lowest BCUT2D eigenvalue weighted by Crippen LogP contribution is -2.27. The van der Waals surface area contributed by atoms with Gasteiger partial charge in [-0.25, -0.2) is 4.79 Å². The number of aromatic amines is 1. The number of nitrogen functional groups attached to an aromatic ring is 1. The lowest BCUT2D eigenvalue weighted by Gasteiger charge is -2.18. The molecule has 0 bridgehead atoms. The number of nitrogens with one attached hydrogen (secondary N) is 2. The molecule has 41 heavy (non-hydrogen) atoms. The third-order valence-electron chi connectivity index (χ3n) is 6.51. The van der Waals surface area contributed by atoms with Crippen LogP contribution in [0.3, 0.4) is 0 Å². The smallest absolute Gasteiger partial charge is 0.348 e. The summed E-state index contributed by atoms with van der Waals surface area (Å²) in [6, 6.07) is 18.9. The number of primary amides is 1. The number of hydrogen-bond acceptors (Lipinski definition) is 7. The number of benzene rings is 3. The van der Waals surface area contributed by atoms with Gasteiger partial charge in [-0.3, -0.25) is 20.0 Å². The number of methoxy groups -OCH3 is 1. The highest BCUT2D eigenvalue weighted by atomic mass is 16.5. The molecular formula is C29H31N7O5. The summed E-state index contributed by atoms with van der Waals surface area (Å²) in [7, 11) is 4.77. The number of carbonyl (C=O) groups excluding carboxylic acids is 2. The number of nitrogens with zero attached hydrogens (tertiary/aromatic N) is 3. The predicted molar refractivity (Wildman–Crippen MR) is 153 cm³/mol. The van der Waals surface area contributed by atoms with Gasteiger partial charge in [0.05, 0.1) is 18.4 Å². The summed E-state index contributed by atoms with van der Waals surface area (Å²) in [6.07, 6.45) is 0.408. The van der Waals surface area contributed by atoms with Crippen molar-refractivity contribution in [3.63, 3.8) is 0 Å². The maximum atomic E-state index is 13.1. The minimum absolute atomic E-state index is 0.0441. The van der Waals surface area contributed by atoms with Gasteiger partial charge in [0.1, 0.15) is 11.7 Å². The van der Waals surface area contributed by atoms with Crippen LogP contribution in [0.25, 0.3) is 5.69 Å². The molecule has 1 atom stereocenters. The van der Waals surface area contributed by atoms with Crippen molar-refractivity contribution in [2.75, 3.05) is 27.8 Å². The van der Waals surface area contributed by atoms with E-state index in [1.807, 2.05) is 12.1 Å². The summed E-state index contributed by atoms with van der Waals surface area (Å²) in [5.74, 6) is -0.299. The summed E-state index contributed by atoms with van der Waals surface area (Å²) >= 11 is 0. The molecule has 12 nitrogen and oxygen atoms in total. The number of aromatic nitrogens is 3. The average molecular weight is 558 g/mol. The highest BCUT2D eigenvalue weighted by Gasteiger charge is 2.24. The molecule has 1 aromatic heterocycles.